The van der Waals surface area contributed by atoms with Gasteiger partial charge in [-0.2, -0.15) is 5.26 Å². The van der Waals surface area contributed by atoms with Crippen LogP contribution in [0.5, 0.6) is 5.75 Å². The fourth-order valence-electron chi connectivity index (χ4n) is 1.59. The van der Waals surface area contributed by atoms with Crippen LogP contribution in [0.25, 0.3) is 5.65 Å². The maximum Gasteiger partial charge on any atom is 0.180 e. The first-order chi connectivity index (χ1) is 7.74. The van der Waals surface area contributed by atoms with Crippen molar-refractivity contribution in [1.82, 2.24) is 9.38 Å². The highest BCUT2D eigenvalue weighted by Crippen LogP contribution is 2.21. The van der Waals surface area contributed by atoms with Crippen molar-refractivity contribution < 1.29 is 4.74 Å². The van der Waals surface area contributed by atoms with Gasteiger partial charge in [0.2, 0.25) is 0 Å². The Kier molecular flexibility index (Phi) is 2.78. The number of rotatable bonds is 3. The maximum absolute atomic E-state index is 8.45. The molecular formula is C12H13N3O. The molecule has 0 aromatic carbocycles. The van der Waals surface area contributed by atoms with Crippen LogP contribution in [-0.4, -0.2) is 16.0 Å². The van der Waals surface area contributed by atoms with E-state index in [0.29, 0.717) is 13.0 Å². The molecule has 0 aliphatic carbocycles. The molecule has 0 N–H and O–H groups in total. The Hall–Kier alpha value is -2.02. The molecule has 0 atom stereocenters. The van der Waals surface area contributed by atoms with Gasteiger partial charge in [-0.25, -0.2) is 4.98 Å². The zero-order valence-electron chi connectivity index (χ0n) is 9.40. The Morgan fingerprint density at radius 1 is 1.50 bits per heavy atom. The molecular weight excluding hydrogens is 202 g/mol. The molecule has 0 aliphatic heterocycles. The van der Waals surface area contributed by atoms with Gasteiger partial charge in [-0.15, -0.1) is 0 Å². The molecule has 2 aromatic rings. The molecule has 0 saturated carbocycles. The number of nitriles is 1. The Morgan fingerprint density at radius 2 is 2.31 bits per heavy atom. The van der Waals surface area contributed by atoms with Gasteiger partial charge in [-0.3, -0.25) is 0 Å². The van der Waals surface area contributed by atoms with Gasteiger partial charge in [0.15, 0.2) is 11.4 Å². The van der Waals surface area contributed by atoms with Crippen LogP contribution >= 0.6 is 0 Å². The van der Waals surface area contributed by atoms with Crippen LogP contribution in [0.3, 0.4) is 0 Å². The molecule has 2 rings (SSSR count). The van der Waals surface area contributed by atoms with Crippen LogP contribution in [0.15, 0.2) is 18.3 Å². The van der Waals surface area contributed by atoms with Crippen molar-refractivity contribution in [3.8, 4) is 11.8 Å². The summed E-state index contributed by atoms with van der Waals surface area (Å²) in [7, 11) is 0. The van der Waals surface area contributed by atoms with Crippen LogP contribution in [-0.2, 0) is 0 Å². The first kappa shape index (κ1) is 10.5. The summed E-state index contributed by atoms with van der Waals surface area (Å²) in [6.07, 6.45) is 2.35. The van der Waals surface area contributed by atoms with Crippen molar-refractivity contribution in [2.24, 2.45) is 0 Å². The van der Waals surface area contributed by atoms with E-state index in [-0.39, 0.29) is 0 Å². The van der Waals surface area contributed by atoms with E-state index in [9.17, 15) is 0 Å². The van der Waals surface area contributed by atoms with Gasteiger partial charge in [0, 0.05) is 11.9 Å². The first-order valence-corrected chi connectivity index (χ1v) is 5.18. The van der Waals surface area contributed by atoms with E-state index in [2.05, 4.69) is 11.1 Å². The minimum absolute atomic E-state index is 0.389. The summed E-state index contributed by atoms with van der Waals surface area (Å²) in [5.74, 6) is 0.731. The van der Waals surface area contributed by atoms with E-state index >= 15 is 0 Å². The number of nitrogens with zero attached hydrogens (tertiary/aromatic N) is 3. The Morgan fingerprint density at radius 3 is 3.06 bits per heavy atom. The SMILES string of the molecule is Cc1nc2c(OCCC#N)cccn2c1C. The molecule has 0 aliphatic rings. The lowest BCUT2D eigenvalue weighted by atomic mass is 10.4. The number of ether oxygens (including phenoxy) is 1. The largest absolute Gasteiger partial charge is 0.489 e. The Balaban J connectivity index is 2.39. The van der Waals surface area contributed by atoms with Crippen LogP contribution in [0.1, 0.15) is 17.8 Å². The number of pyridine rings is 1. The zero-order chi connectivity index (χ0) is 11.5. The minimum Gasteiger partial charge on any atom is -0.489 e. The van der Waals surface area contributed by atoms with E-state index in [1.165, 1.54) is 0 Å². The summed E-state index contributed by atoms with van der Waals surface area (Å²) in [6, 6.07) is 5.84. The third-order valence-corrected chi connectivity index (χ3v) is 2.56. The van der Waals surface area contributed by atoms with E-state index in [1.54, 1.807) is 0 Å². The van der Waals surface area contributed by atoms with Crippen LogP contribution in [0.4, 0.5) is 0 Å². The summed E-state index contributed by atoms with van der Waals surface area (Å²) >= 11 is 0. The highest BCUT2D eigenvalue weighted by Gasteiger charge is 2.08. The summed E-state index contributed by atoms with van der Waals surface area (Å²) in [6.45, 7) is 4.40. The number of hydrogen-bond acceptors (Lipinski definition) is 3. The minimum atomic E-state index is 0.389. The Labute approximate surface area is 94.1 Å². The fraction of sp³-hybridized carbons (Fsp3) is 0.333. The molecule has 16 heavy (non-hydrogen) atoms. The van der Waals surface area contributed by atoms with Crippen molar-refractivity contribution in [1.29, 1.82) is 5.26 Å². The van der Waals surface area contributed by atoms with Gasteiger partial charge in [0.25, 0.3) is 0 Å². The van der Waals surface area contributed by atoms with Crippen molar-refractivity contribution in [2.45, 2.75) is 20.3 Å². The molecule has 0 unspecified atom stereocenters. The van der Waals surface area contributed by atoms with Crippen molar-refractivity contribution >= 4 is 5.65 Å². The monoisotopic (exact) mass is 215 g/mol. The molecule has 4 nitrogen and oxygen atoms in total. The van der Waals surface area contributed by atoms with Gasteiger partial charge in [-0.05, 0) is 26.0 Å². The number of aromatic nitrogens is 2. The molecule has 0 saturated heterocycles. The number of hydrogen-bond donors (Lipinski definition) is 0. The fourth-order valence-corrected chi connectivity index (χ4v) is 1.59. The van der Waals surface area contributed by atoms with Gasteiger partial charge >= 0.3 is 0 Å². The molecule has 2 heterocycles. The predicted octanol–water partition coefficient (Wildman–Crippen LogP) is 2.24. The highest BCUT2D eigenvalue weighted by atomic mass is 16.5. The lowest BCUT2D eigenvalue weighted by Gasteiger charge is -2.05. The summed E-state index contributed by atoms with van der Waals surface area (Å²) in [5, 5.41) is 8.45. The number of imidazole rings is 1. The molecule has 0 bridgehead atoms. The van der Waals surface area contributed by atoms with Crippen molar-refractivity contribution in [3.63, 3.8) is 0 Å². The average Bonchev–Trinajstić information content (AvgIpc) is 2.57. The van der Waals surface area contributed by atoms with Gasteiger partial charge in [-0.1, -0.05) is 0 Å². The molecule has 0 spiro atoms. The van der Waals surface area contributed by atoms with Gasteiger partial charge in [0.1, 0.15) is 6.61 Å². The molecule has 0 amide bonds. The quantitative estimate of drug-likeness (QED) is 0.738. The van der Waals surface area contributed by atoms with Crippen molar-refractivity contribution in [2.75, 3.05) is 6.61 Å². The molecule has 0 fully saturated rings. The molecule has 0 radical (unpaired) electrons. The van der Waals surface area contributed by atoms with E-state index in [1.807, 2.05) is 36.6 Å². The van der Waals surface area contributed by atoms with Crippen LogP contribution in [0, 0.1) is 25.2 Å². The summed E-state index contributed by atoms with van der Waals surface area (Å²) in [5.41, 5.74) is 2.92. The average molecular weight is 215 g/mol. The van der Waals surface area contributed by atoms with Gasteiger partial charge in [0.05, 0.1) is 18.2 Å². The van der Waals surface area contributed by atoms with Crippen molar-refractivity contribution in [3.05, 3.63) is 29.7 Å². The number of fused-ring (bicyclic) bond motifs is 1. The third-order valence-electron chi connectivity index (χ3n) is 2.56. The lowest BCUT2D eigenvalue weighted by Crippen LogP contribution is -1.98. The second kappa shape index (κ2) is 4.23. The summed E-state index contributed by atoms with van der Waals surface area (Å²) in [4.78, 5) is 4.45. The van der Waals surface area contributed by atoms with E-state index < -0.39 is 0 Å². The maximum atomic E-state index is 8.45. The smallest absolute Gasteiger partial charge is 0.180 e. The lowest BCUT2D eigenvalue weighted by molar-refractivity contribution is 0.328. The zero-order valence-corrected chi connectivity index (χ0v) is 9.40. The predicted molar refractivity (Wildman–Crippen MR) is 60.4 cm³/mol. The van der Waals surface area contributed by atoms with E-state index in [0.717, 1.165) is 22.8 Å². The molecule has 4 heteroatoms. The normalized spacial score (nSPS) is 10.3. The van der Waals surface area contributed by atoms with Crippen LogP contribution < -0.4 is 4.74 Å². The Bertz CT molecular complexity index is 551. The molecule has 2 aromatic heterocycles. The van der Waals surface area contributed by atoms with Gasteiger partial charge < -0.3 is 9.14 Å². The summed E-state index contributed by atoms with van der Waals surface area (Å²) < 4.78 is 7.52. The van der Waals surface area contributed by atoms with Crippen LogP contribution in [0.2, 0.25) is 0 Å². The highest BCUT2D eigenvalue weighted by molar-refractivity contribution is 5.55. The third kappa shape index (κ3) is 1.72. The first-order valence-electron chi connectivity index (χ1n) is 5.18. The standard InChI is InChI=1S/C12H13N3O/c1-9-10(2)15-7-3-5-11(12(15)14-9)16-8-4-6-13/h3,5,7H,4,8H2,1-2H3. The topological polar surface area (TPSA) is 50.3 Å². The second-order valence-electron chi connectivity index (χ2n) is 3.61. The molecule has 82 valence electrons. The van der Waals surface area contributed by atoms with E-state index in [4.69, 9.17) is 10.00 Å². The number of aryl methyl sites for hydroxylation is 2. The second-order valence-corrected chi connectivity index (χ2v) is 3.61.